The second-order valence-electron chi connectivity index (χ2n) is 14.1. The minimum atomic E-state index is -0.132. The lowest BCUT2D eigenvalue weighted by Gasteiger charge is -2.12. The van der Waals surface area contributed by atoms with Crippen molar-refractivity contribution in [3.8, 4) is 40.0 Å². The molecule has 4 aromatic carbocycles. The van der Waals surface area contributed by atoms with E-state index in [1.165, 1.54) is 11.1 Å². The molecule has 0 saturated carbocycles. The zero-order chi connectivity index (χ0) is 40.5. The number of oxazole rings is 1. The minimum Gasteiger partial charge on any atom is -0.440 e. The van der Waals surface area contributed by atoms with Crippen LogP contribution in [0.3, 0.4) is 0 Å². The van der Waals surface area contributed by atoms with Crippen molar-refractivity contribution in [1.29, 1.82) is 0 Å². The predicted octanol–water partition coefficient (Wildman–Crippen LogP) is 8.55. The fourth-order valence-electron chi connectivity index (χ4n) is 7.38. The first-order chi connectivity index (χ1) is 27.5. The van der Waals surface area contributed by atoms with Gasteiger partial charge in [-0.15, -0.1) is 0 Å². The number of aryl methyl sites for hydroxylation is 7. The number of nitrogens with one attached hydrogen (secondary N) is 2. The van der Waals surface area contributed by atoms with E-state index in [2.05, 4.69) is 108 Å². The van der Waals surface area contributed by atoms with Crippen LogP contribution < -0.4 is 10.6 Å². The quantitative estimate of drug-likeness (QED) is 0.158. The molecule has 4 heterocycles. The van der Waals surface area contributed by atoms with Gasteiger partial charge in [0.05, 0.1) is 34.0 Å². The fourth-order valence-corrected chi connectivity index (χ4v) is 7.38. The molecule has 2 N–H and O–H groups in total. The zero-order valence-electron chi connectivity index (χ0n) is 33.9. The summed E-state index contributed by atoms with van der Waals surface area (Å²) in [7, 11) is 3.25. The Morgan fingerprint density at radius 1 is 0.649 bits per heavy atom. The van der Waals surface area contributed by atoms with E-state index in [-0.39, 0.29) is 11.8 Å². The number of carbonyl (C=O) groups is 2. The maximum atomic E-state index is 12.0. The van der Waals surface area contributed by atoms with Gasteiger partial charge in [-0.25, -0.2) is 19.6 Å². The summed E-state index contributed by atoms with van der Waals surface area (Å²) in [4.78, 5) is 38.4. The third-order valence-electron chi connectivity index (χ3n) is 10.1. The Hall–Kier alpha value is -6.82. The van der Waals surface area contributed by atoms with Crippen LogP contribution >= 0.6 is 0 Å². The van der Waals surface area contributed by atoms with Crippen molar-refractivity contribution in [2.75, 3.05) is 14.1 Å². The summed E-state index contributed by atoms with van der Waals surface area (Å²) in [6.07, 6.45) is 1.80. The van der Waals surface area contributed by atoms with Gasteiger partial charge in [-0.05, 0) is 101 Å². The van der Waals surface area contributed by atoms with Crippen LogP contribution in [0.25, 0.3) is 62.1 Å². The lowest BCUT2D eigenvalue weighted by atomic mass is 10.0. The van der Waals surface area contributed by atoms with Crippen molar-refractivity contribution in [1.82, 2.24) is 44.5 Å². The first-order valence-electron chi connectivity index (χ1n) is 19.1. The number of hydrogen-bond acceptors (Lipinski definition) is 7. The highest BCUT2D eigenvalue weighted by molar-refractivity contribution is 5.98. The zero-order valence-corrected chi connectivity index (χ0v) is 33.9. The van der Waals surface area contributed by atoms with Crippen molar-refractivity contribution in [3.05, 3.63) is 124 Å². The van der Waals surface area contributed by atoms with E-state index in [1.807, 2.05) is 54.1 Å². The number of amides is 2. The molecule has 2 amide bonds. The summed E-state index contributed by atoms with van der Waals surface area (Å²) in [5.74, 6) is 2.64. The van der Waals surface area contributed by atoms with Gasteiger partial charge in [0.2, 0.25) is 0 Å². The molecule has 0 spiro atoms. The van der Waals surface area contributed by atoms with E-state index in [0.29, 0.717) is 22.7 Å². The minimum absolute atomic E-state index is 0.116. The molecule has 0 radical (unpaired) electrons. The van der Waals surface area contributed by atoms with Crippen LogP contribution in [0.15, 0.2) is 89.5 Å². The molecule has 0 aliphatic rings. The number of nitrogens with zero attached hydrogens (tertiary/aromatic N) is 7. The Morgan fingerprint density at radius 3 is 1.77 bits per heavy atom. The van der Waals surface area contributed by atoms with Crippen LogP contribution in [0, 0.1) is 34.6 Å². The van der Waals surface area contributed by atoms with E-state index in [0.717, 1.165) is 80.6 Å². The van der Waals surface area contributed by atoms with Gasteiger partial charge < -0.3 is 24.2 Å². The maximum absolute atomic E-state index is 12.0. The van der Waals surface area contributed by atoms with Gasteiger partial charge in [0, 0.05) is 50.8 Å². The van der Waals surface area contributed by atoms with Crippen LogP contribution in [0.2, 0.25) is 0 Å². The second kappa shape index (κ2) is 15.7. The number of aromatic nitrogens is 7. The highest BCUT2D eigenvalue weighted by Gasteiger charge is 2.23. The molecule has 290 valence electrons. The van der Waals surface area contributed by atoms with Crippen LogP contribution in [0.5, 0.6) is 0 Å². The average Bonchev–Trinajstić information content (AvgIpc) is 4.00. The molecular formula is C45H47N9O3. The maximum Gasteiger partial charge on any atom is 0.251 e. The Morgan fingerprint density at radius 2 is 1.21 bits per heavy atom. The van der Waals surface area contributed by atoms with E-state index < -0.39 is 0 Å². The van der Waals surface area contributed by atoms with E-state index in [4.69, 9.17) is 14.4 Å². The van der Waals surface area contributed by atoms with Crippen LogP contribution in [0.4, 0.5) is 0 Å². The van der Waals surface area contributed by atoms with Gasteiger partial charge in [0.1, 0.15) is 5.69 Å². The van der Waals surface area contributed by atoms with Crippen molar-refractivity contribution in [3.63, 3.8) is 0 Å². The van der Waals surface area contributed by atoms with Gasteiger partial charge >= 0.3 is 0 Å². The van der Waals surface area contributed by atoms with Gasteiger partial charge in [-0.2, -0.15) is 5.10 Å². The summed E-state index contributed by atoms with van der Waals surface area (Å²) < 4.78 is 12.2. The van der Waals surface area contributed by atoms with Crippen molar-refractivity contribution in [2.45, 2.75) is 61.6 Å². The number of benzene rings is 4. The Balaban J connectivity index is 0.000000174. The lowest BCUT2D eigenvalue weighted by Crippen LogP contribution is -2.17. The van der Waals surface area contributed by atoms with E-state index in [1.54, 1.807) is 20.3 Å². The van der Waals surface area contributed by atoms with E-state index in [9.17, 15) is 9.59 Å². The summed E-state index contributed by atoms with van der Waals surface area (Å²) in [6, 6.07) is 25.8. The molecule has 12 heteroatoms. The first kappa shape index (κ1) is 38.5. The Labute approximate surface area is 331 Å². The van der Waals surface area contributed by atoms with Crippen molar-refractivity contribution >= 4 is 33.9 Å². The number of carbonyl (C=O) groups excluding carboxylic acids is 2. The molecule has 0 aliphatic heterocycles. The summed E-state index contributed by atoms with van der Waals surface area (Å²) >= 11 is 0. The molecule has 8 aromatic rings. The molecule has 0 atom stereocenters. The van der Waals surface area contributed by atoms with E-state index >= 15 is 0 Å². The molecular weight excluding hydrogens is 715 g/mol. The topological polar surface area (TPSA) is 138 Å². The molecule has 57 heavy (non-hydrogen) atoms. The van der Waals surface area contributed by atoms with Gasteiger partial charge in [-0.3, -0.25) is 9.59 Å². The lowest BCUT2D eigenvalue weighted by molar-refractivity contribution is 0.0955. The first-order valence-corrected chi connectivity index (χ1v) is 19.1. The van der Waals surface area contributed by atoms with Gasteiger partial charge in [0.15, 0.2) is 29.0 Å². The van der Waals surface area contributed by atoms with Gasteiger partial charge in [-0.1, -0.05) is 41.5 Å². The third kappa shape index (κ3) is 7.21. The normalized spacial score (nSPS) is 11.2. The molecule has 8 rings (SSSR count). The average molecular weight is 762 g/mol. The molecule has 0 unspecified atom stereocenters. The smallest absolute Gasteiger partial charge is 0.251 e. The molecule has 0 saturated heterocycles. The molecule has 0 fully saturated rings. The summed E-state index contributed by atoms with van der Waals surface area (Å²) in [5.41, 5.74) is 13.1. The highest BCUT2D eigenvalue weighted by atomic mass is 16.4. The predicted molar refractivity (Wildman–Crippen MR) is 225 cm³/mol. The largest absolute Gasteiger partial charge is 0.440 e. The summed E-state index contributed by atoms with van der Waals surface area (Å²) in [6.45, 7) is 15.8. The Kier molecular flexibility index (Phi) is 10.6. The van der Waals surface area contributed by atoms with Crippen LogP contribution in [0.1, 0.15) is 62.7 Å². The SMILES string of the molecule is CCn1c(-c2ccnn2-c2ccc(C)cc2C)nc2cc(C(=O)NC)ccc21.CCn1c(-c2nc(C)oc2-c2ccc(C)cc2C)nc2cc(C(=O)NC)ccc21. The van der Waals surface area contributed by atoms with Crippen LogP contribution in [-0.4, -0.2) is 59.8 Å². The molecule has 0 aliphatic carbocycles. The van der Waals surface area contributed by atoms with Crippen molar-refractivity contribution in [2.24, 2.45) is 0 Å². The molecule has 4 aromatic heterocycles. The monoisotopic (exact) mass is 761 g/mol. The van der Waals surface area contributed by atoms with Gasteiger partial charge in [0.25, 0.3) is 11.8 Å². The second-order valence-corrected chi connectivity index (χ2v) is 14.1. The summed E-state index contributed by atoms with van der Waals surface area (Å²) in [5, 5.41) is 9.88. The Bertz CT molecular complexity index is 2800. The highest BCUT2D eigenvalue weighted by Crippen LogP contribution is 2.36. The molecule has 0 bridgehead atoms. The van der Waals surface area contributed by atoms with Crippen molar-refractivity contribution < 1.29 is 14.0 Å². The van der Waals surface area contributed by atoms with Crippen LogP contribution in [-0.2, 0) is 13.1 Å². The standard InChI is InChI=1S/C23H24N4O2.C22H23N5O/c1-6-27-19-10-8-16(23(28)24-5)12-18(19)26-22(27)20-21(29-15(4)25-20)17-9-7-13(2)11-14(17)3;1-5-26-19-9-7-16(22(28)23-4)13-17(19)25-21(26)20-10-11-24-27(20)18-8-6-14(2)12-15(18)3/h7-12H,6H2,1-5H3,(H,24,28);6-13H,5H2,1-4H3,(H,23,28). The number of imidazole rings is 2. The third-order valence-corrected chi connectivity index (χ3v) is 10.1. The fraction of sp³-hybridized carbons (Fsp3) is 0.244. The number of fused-ring (bicyclic) bond motifs is 2. The molecule has 12 nitrogen and oxygen atoms in total. The number of hydrogen-bond donors (Lipinski definition) is 2. The number of rotatable bonds is 8.